The van der Waals surface area contributed by atoms with Crippen LogP contribution in [-0.2, 0) is 4.79 Å². The molecule has 3 rings (SSSR count). The molecule has 25 heavy (non-hydrogen) atoms. The summed E-state index contributed by atoms with van der Waals surface area (Å²) in [5.41, 5.74) is 3.68. The monoisotopic (exact) mass is 335 g/mol. The van der Waals surface area contributed by atoms with Crippen LogP contribution in [0.15, 0.2) is 60.7 Å². The summed E-state index contributed by atoms with van der Waals surface area (Å²) in [7, 11) is 0. The predicted molar refractivity (Wildman–Crippen MR) is 102 cm³/mol. The average molecular weight is 335 g/mol. The van der Waals surface area contributed by atoms with Crippen molar-refractivity contribution >= 4 is 12.0 Å². The molecule has 2 aromatic rings. The van der Waals surface area contributed by atoms with Gasteiger partial charge in [-0.05, 0) is 42.5 Å². The molecule has 1 unspecified atom stereocenters. The second-order valence-electron chi connectivity index (χ2n) is 6.62. The lowest BCUT2D eigenvalue weighted by Gasteiger charge is -2.30. The molecule has 1 atom stereocenters. The first-order valence-corrected chi connectivity index (χ1v) is 9.00. The first-order valence-electron chi connectivity index (χ1n) is 9.00. The minimum atomic E-state index is -0.656. The quantitative estimate of drug-likeness (QED) is 0.842. The van der Waals surface area contributed by atoms with Crippen LogP contribution in [0.1, 0.15) is 24.8 Å². The zero-order valence-electron chi connectivity index (χ0n) is 14.5. The van der Waals surface area contributed by atoms with Gasteiger partial charge >= 0.3 is 5.97 Å². The second kappa shape index (κ2) is 8.63. The van der Waals surface area contributed by atoms with Crippen molar-refractivity contribution in [2.24, 2.45) is 5.92 Å². The summed E-state index contributed by atoms with van der Waals surface area (Å²) in [6.07, 6.45) is 7.12. The molecule has 0 spiro atoms. The van der Waals surface area contributed by atoms with Gasteiger partial charge in [0.1, 0.15) is 0 Å². The van der Waals surface area contributed by atoms with E-state index in [1.54, 1.807) is 0 Å². The van der Waals surface area contributed by atoms with Gasteiger partial charge in [0.2, 0.25) is 0 Å². The molecule has 0 aliphatic carbocycles. The lowest BCUT2D eigenvalue weighted by atomic mass is 9.98. The van der Waals surface area contributed by atoms with E-state index in [1.807, 2.05) is 6.07 Å². The standard InChI is InChI=1S/C22H25NO2/c24-22(25)20-13-8-16-23(17-20)15-7-6-12-19-11-4-5-14-21(19)18-9-2-1-3-10-18/h1-6,9-12,14,20H,7-8,13,15-17H2,(H,24,25)/b12-6+. The highest BCUT2D eigenvalue weighted by Gasteiger charge is 2.24. The van der Waals surface area contributed by atoms with Crippen LogP contribution >= 0.6 is 0 Å². The Bertz CT molecular complexity index is 724. The van der Waals surface area contributed by atoms with Crippen molar-refractivity contribution < 1.29 is 9.90 Å². The lowest BCUT2D eigenvalue weighted by molar-refractivity contribution is -0.143. The number of hydrogen-bond donors (Lipinski definition) is 1. The Hall–Kier alpha value is -2.39. The number of carboxylic acids is 1. The van der Waals surface area contributed by atoms with Crippen molar-refractivity contribution in [3.05, 3.63) is 66.2 Å². The van der Waals surface area contributed by atoms with E-state index in [0.29, 0.717) is 6.54 Å². The maximum absolute atomic E-state index is 11.1. The summed E-state index contributed by atoms with van der Waals surface area (Å²) in [4.78, 5) is 13.4. The molecule has 1 heterocycles. The second-order valence-corrected chi connectivity index (χ2v) is 6.62. The fraction of sp³-hybridized carbons (Fsp3) is 0.318. The van der Waals surface area contributed by atoms with Gasteiger partial charge in [0.15, 0.2) is 0 Å². The van der Waals surface area contributed by atoms with E-state index < -0.39 is 5.97 Å². The molecular weight excluding hydrogens is 310 g/mol. The Morgan fingerprint density at radius 2 is 1.88 bits per heavy atom. The highest BCUT2D eigenvalue weighted by Crippen LogP contribution is 2.24. The zero-order chi connectivity index (χ0) is 17.5. The summed E-state index contributed by atoms with van der Waals surface area (Å²) in [6.45, 7) is 2.62. The summed E-state index contributed by atoms with van der Waals surface area (Å²) in [5.74, 6) is -0.853. The Morgan fingerprint density at radius 1 is 1.12 bits per heavy atom. The van der Waals surface area contributed by atoms with E-state index in [0.717, 1.165) is 32.4 Å². The Kier molecular flexibility index (Phi) is 6.02. The number of carbonyl (C=O) groups is 1. The van der Waals surface area contributed by atoms with Gasteiger partial charge in [0, 0.05) is 13.1 Å². The molecule has 3 nitrogen and oxygen atoms in total. The van der Waals surface area contributed by atoms with Crippen LogP contribution in [0.5, 0.6) is 0 Å². The fourth-order valence-corrected chi connectivity index (χ4v) is 3.45. The van der Waals surface area contributed by atoms with Gasteiger partial charge in [-0.25, -0.2) is 0 Å². The minimum Gasteiger partial charge on any atom is -0.481 e. The van der Waals surface area contributed by atoms with Gasteiger partial charge in [-0.1, -0.05) is 66.7 Å². The predicted octanol–water partition coefficient (Wildman–Crippen LogP) is 4.55. The number of rotatable bonds is 6. The topological polar surface area (TPSA) is 40.5 Å². The fourth-order valence-electron chi connectivity index (χ4n) is 3.45. The minimum absolute atomic E-state index is 0.198. The van der Waals surface area contributed by atoms with Crippen LogP contribution in [0.25, 0.3) is 17.2 Å². The van der Waals surface area contributed by atoms with Crippen molar-refractivity contribution in [1.29, 1.82) is 0 Å². The summed E-state index contributed by atoms with van der Waals surface area (Å²) in [6, 6.07) is 18.8. The normalized spacial score (nSPS) is 18.5. The molecule has 1 fully saturated rings. The van der Waals surface area contributed by atoms with Crippen LogP contribution in [0.2, 0.25) is 0 Å². The van der Waals surface area contributed by atoms with Crippen LogP contribution in [-0.4, -0.2) is 35.6 Å². The number of likely N-dealkylation sites (tertiary alicyclic amines) is 1. The molecule has 1 saturated heterocycles. The van der Waals surface area contributed by atoms with Gasteiger partial charge in [-0.3, -0.25) is 4.79 Å². The third-order valence-electron chi connectivity index (χ3n) is 4.81. The number of aliphatic carboxylic acids is 1. The van der Waals surface area contributed by atoms with Crippen LogP contribution in [0.3, 0.4) is 0 Å². The molecular formula is C22H25NO2. The first-order chi connectivity index (χ1) is 12.2. The Balaban J connectivity index is 1.59. The molecule has 1 aliphatic rings. The number of nitrogens with zero attached hydrogens (tertiary/aromatic N) is 1. The molecule has 130 valence electrons. The average Bonchev–Trinajstić information content (AvgIpc) is 2.66. The van der Waals surface area contributed by atoms with E-state index in [2.05, 4.69) is 65.6 Å². The number of carboxylic acid groups (broad SMARTS) is 1. The van der Waals surface area contributed by atoms with Crippen molar-refractivity contribution in [1.82, 2.24) is 4.90 Å². The molecule has 0 radical (unpaired) electrons. The largest absolute Gasteiger partial charge is 0.481 e. The summed E-state index contributed by atoms with van der Waals surface area (Å²) in [5, 5.41) is 9.17. The van der Waals surface area contributed by atoms with Crippen molar-refractivity contribution in [3.63, 3.8) is 0 Å². The molecule has 0 amide bonds. The molecule has 3 heteroatoms. The lowest BCUT2D eigenvalue weighted by Crippen LogP contribution is -2.38. The Morgan fingerprint density at radius 3 is 2.68 bits per heavy atom. The maximum atomic E-state index is 11.1. The van der Waals surface area contributed by atoms with Crippen molar-refractivity contribution in [2.75, 3.05) is 19.6 Å². The number of piperidine rings is 1. The van der Waals surface area contributed by atoms with Gasteiger partial charge < -0.3 is 10.0 Å². The molecule has 2 aromatic carbocycles. The van der Waals surface area contributed by atoms with Crippen LogP contribution in [0.4, 0.5) is 0 Å². The van der Waals surface area contributed by atoms with Crippen molar-refractivity contribution in [3.8, 4) is 11.1 Å². The number of benzene rings is 2. The Labute approximate surface area is 149 Å². The van der Waals surface area contributed by atoms with Crippen molar-refractivity contribution in [2.45, 2.75) is 19.3 Å². The molecule has 0 aromatic heterocycles. The smallest absolute Gasteiger partial charge is 0.307 e. The highest BCUT2D eigenvalue weighted by molar-refractivity contribution is 5.75. The molecule has 0 saturated carbocycles. The first kappa shape index (κ1) is 17.4. The third kappa shape index (κ3) is 4.80. The maximum Gasteiger partial charge on any atom is 0.307 e. The van der Waals surface area contributed by atoms with Gasteiger partial charge in [-0.15, -0.1) is 0 Å². The van der Waals surface area contributed by atoms with Gasteiger partial charge in [0.25, 0.3) is 0 Å². The highest BCUT2D eigenvalue weighted by atomic mass is 16.4. The van der Waals surface area contributed by atoms with E-state index >= 15 is 0 Å². The van der Waals surface area contributed by atoms with E-state index in [9.17, 15) is 9.90 Å². The third-order valence-corrected chi connectivity index (χ3v) is 4.81. The van der Waals surface area contributed by atoms with Gasteiger partial charge in [-0.2, -0.15) is 0 Å². The van der Waals surface area contributed by atoms with E-state index in [-0.39, 0.29) is 5.92 Å². The number of hydrogen-bond acceptors (Lipinski definition) is 2. The van der Waals surface area contributed by atoms with Crippen LogP contribution in [0, 0.1) is 5.92 Å². The van der Waals surface area contributed by atoms with Gasteiger partial charge in [0.05, 0.1) is 5.92 Å². The van der Waals surface area contributed by atoms with E-state index in [1.165, 1.54) is 16.7 Å². The van der Waals surface area contributed by atoms with Crippen LogP contribution < -0.4 is 0 Å². The SMILES string of the molecule is O=C(O)C1CCCN(CC/C=C/c2ccccc2-c2ccccc2)C1. The summed E-state index contributed by atoms with van der Waals surface area (Å²) < 4.78 is 0. The summed E-state index contributed by atoms with van der Waals surface area (Å²) >= 11 is 0. The van der Waals surface area contributed by atoms with E-state index in [4.69, 9.17) is 0 Å². The zero-order valence-corrected chi connectivity index (χ0v) is 14.5. The molecule has 1 N–H and O–H groups in total. The molecule has 1 aliphatic heterocycles. The molecule has 0 bridgehead atoms.